The summed E-state index contributed by atoms with van der Waals surface area (Å²) in [5.41, 5.74) is 8.04. The lowest BCUT2D eigenvalue weighted by atomic mass is 10.1. The van der Waals surface area contributed by atoms with Gasteiger partial charge in [0.2, 0.25) is 5.91 Å². The summed E-state index contributed by atoms with van der Waals surface area (Å²) >= 11 is 0. The molecule has 0 radical (unpaired) electrons. The number of ether oxygens (including phenoxy) is 1. The van der Waals surface area contributed by atoms with Crippen LogP contribution in [0, 0.1) is 13.8 Å². The SMILES string of the molecule is Cc1cc(C)cc(OCCC(=O)N2CCCC2CN)c1.Cl. The van der Waals surface area contributed by atoms with Gasteiger partial charge in [-0.1, -0.05) is 6.07 Å². The second kappa shape index (κ2) is 8.25. The molecule has 1 aromatic rings. The molecule has 1 aliphatic heterocycles. The van der Waals surface area contributed by atoms with Crippen LogP contribution in [-0.4, -0.2) is 36.5 Å². The zero-order valence-electron chi connectivity index (χ0n) is 12.8. The summed E-state index contributed by atoms with van der Waals surface area (Å²) in [7, 11) is 0. The van der Waals surface area contributed by atoms with E-state index in [0.29, 0.717) is 19.6 Å². The van der Waals surface area contributed by atoms with Crippen LogP contribution in [0.4, 0.5) is 0 Å². The van der Waals surface area contributed by atoms with Gasteiger partial charge >= 0.3 is 0 Å². The number of hydrogen-bond acceptors (Lipinski definition) is 3. The highest BCUT2D eigenvalue weighted by molar-refractivity contribution is 5.85. The molecule has 0 aromatic heterocycles. The molecule has 118 valence electrons. The van der Waals surface area contributed by atoms with Crippen LogP contribution in [-0.2, 0) is 4.79 Å². The van der Waals surface area contributed by atoms with Gasteiger partial charge in [-0.25, -0.2) is 0 Å². The van der Waals surface area contributed by atoms with Crippen molar-refractivity contribution in [2.24, 2.45) is 5.73 Å². The topological polar surface area (TPSA) is 55.6 Å². The number of likely N-dealkylation sites (tertiary alicyclic amines) is 1. The molecule has 2 N–H and O–H groups in total. The van der Waals surface area contributed by atoms with Gasteiger partial charge in [0.05, 0.1) is 13.0 Å². The van der Waals surface area contributed by atoms with Gasteiger partial charge in [-0.05, 0) is 49.9 Å². The van der Waals surface area contributed by atoms with Crippen molar-refractivity contribution < 1.29 is 9.53 Å². The maximum atomic E-state index is 12.1. The lowest BCUT2D eigenvalue weighted by Crippen LogP contribution is -2.40. The van der Waals surface area contributed by atoms with E-state index in [-0.39, 0.29) is 24.4 Å². The first kappa shape index (κ1) is 17.8. The summed E-state index contributed by atoms with van der Waals surface area (Å²) < 4.78 is 5.69. The molecule has 2 rings (SSSR count). The van der Waals surface area contributed by atoms with Crippen molar-refractivity contribution in [1.82, 2.24) is 4.90 Å². The molecule has 0 saturated carbocycles. The van der Waals surface area contributed by atoms with Crippen LogP contribution >= 0.6 is 12.4 Å². The molecule has 1 amide bonds. The van der Waals surface area contributed by atoms with E-state index in [1.165, 1.54) is 11.1 Å². The fourth-order valence-electron chi connectivity index (χ4n) is 2.83. The monoisotopic (exact) mass is 312 g/mol. The third-order valence-electron chi connectivity index (χ3n) is 3.75. The molecule has 1 aromatic carbocycles. The number of nitrogens with two attached hydrogens (primary N) is 1. The summed E-state index contributed by atoms with van der Waals surface area (Å²) in [6.45, 7) is 5.91. The predicted octanol–water partition coefficient (Wildman–Crippen LogP) is 2.44. The van der Waals surface area contributed by atoms with E-state index in [4.69, 9.17) is 10.5 Å². The van der Waals surface area contributed by atoms with Crippen LogP contribution in [0.25, 0.3) is 0 Å². The Morgan fingerprint density at radius 3 is 2.62 bits per heavy atom. The van der Waals surface area contributed by atoms with Crippen LogP contribution in [0.3, 0.4) is 0 Å². The summed E-state index contributed by atoms with van der Waals surface area (Å²) in [6, 6.07) is 6.32. The molecule has 1 unspecified atom stereocenters. The Morgan fingerprint density at radius 1 is 1.33 bits per heavy atom. The maximum Gasteiger partial charge on any atom is 0.226 e. The largest absolute Gasteiger partial charge is 0.493 e. The molecule has 1 saturated heterocycles. The van der Waals surface area contributed by atoms with Crippen molar-refractivity contribution >= 4 is 18.3 Å². The minimum absolute atomic E-state index is 0. The third-order valence-corrected chi connectivity index (χ3v) is 3.75. The summed E-state index contributed by atoms with van der Waals surface area (Å²) in [6.07, 6.45) is 2.51. The molecule has 5 heteroatoms. The molecule has 0 bridgehead atoms. The van der Waals surface area contributed by atoms with Gasteiger partial charge < -0.3 is 15.4 Å². The average Bonchev–Trinajstić information content (AvgIpc) is 2.85. The standard InChI is InChI=1S/C16H24N2O2.ClH/c1-12-8-13(2)10-15(9-12)20-7-5-16(19)18-6-3-4-14(18)11-17;/h8-10,14H,3-7,11,17H2,1-2H3;1H. The van der Waals surface area contributed by atoms with E-state index < -0.39 is 0 Å². The van der Waals surface area contributed by atoms with Crippen LogP contribution in [0.15, 0.2) is 18.2 Å². The third kappa shape index (κ3) is 4.90. The number of benzene rings is 1. The quantitative estimate of drug-likeness (QED) is 0.908. The van der Waals surface area contributed by atoms with Gasteiger partial charge in [0.15, 0.2) is 0 Å². The zero-order valence-corrected chi connectivity index (χ0v) is 13.6. The van der Waals surface area contributed by atoms with Crippen LogP contribution < -0.4 is 10.5 Å². The number of rotatable bonds is 5. The summed E-state index contributed by atoms with van der Waals surface area (Å²) in [5, 5.41) is 0. The number of carbonyl (C=O) groups is 1. The van der Waals surface area contributed by atoms with E-state index in [2.05, 4.69) is 6.07 Å². The number of amides is 1. The van der Waals surface area contributed by atoms with E-state index >= 15 is 0 Å². The summed E-state index contributed by atoms with van der Waals surface area (Å²) in [4.78, 5) is 14.0. The Kier molecular flexibility index (Phi) is 6.99. The van der Waals surface area contributed by atoms with Gasteiger partial charge in [-0.15, -0.1) is 12.4 Å². The Morgan fingerprint density at radius 2 is 2.00 bits per heavy atom. The highest BCUT2D eigenvalue weighted by Gasteiger charge is 2.26. The number of carbonyl (C=O) groups excluding carboxylic acids is 1. The average molecular weight is 313 g/mol. The van der Waals surface area contributed by atoms with E-state index in [9.17, 15) is 4.79 Å². The van der Waals surface area contributed by atoms with Crippen molar-refractivity contribution in [2.45, 2.75) is 39.2 Å². The van der Waals surface area contributed by atoms with E-state index in [1.54, 1.807) is 0 Å². The van der Waals surface area contributed by atoms with Crippen molar-refractivity contribution in [3.8, 4) is 5.75 Å². The Hall–Kier alpha value is -1.26. The molecular formula is C16H25ClN2O2. The number of hydrogen-bond donors (Lipinski definition) is 1. The second-order valence-electron chi connectivity index (χ2n) is 5.54. The molecule has 0 spiro atoms. The minimum Gasteiger partial charge on any atom is -0.493 e. The summed E-state index contributed by atoms with van der Waals surface area (Å²) in [5.74, 6) is 0.995. The van der Waals surface area contributed by atoms with E-state index in [1.807, 2.05) is 30.9 Å². The molecule has 1 aliphatic rings. The van der Waals surface area contributed by atoms with Crippen molar-refractivity contribution in [1.29, 1.82) is 0 Å². The lowest BCUT2D eigenvalue weighted by Gasteiger charge is -2.23. The molecule has 0 aliphatic carbocycles. The number of halogens is 1. The van der Waals surface area contributed by atoms with Gasteiger partial charge in [0, 0.05) is 19.1 Å². The fourth-order valence-corrected chi connectivity index (χ4v) is 2.83. The van der Waals surface area contributed by atoms with Gasteiger partial charge in [-0.3, -0.25) is 4.79 Å². The maximum absolute atomic E-state index is 12.1. The van der Waals surface area contributed by atoms with Crippen molar-refractivity contribution in [3.63, 3.8) is 0 Å². The molecule has 1 heterocycles. The lowest BCUT2D eigenvalue weighted by molar-refractivity contribution is -0.132. The normalized spacial score (nSPS) is 17.5. The van der Waals surface area contributed by atoms with Crippen LogP contribution in [0.1, 0.15) is 30.4 Å². The Balaban J connectivity index is 0.00000220. The molecule has 1 fully saturated rings. The Labute approximate surface area is 133 Å². The fraction of sp³-hybridized carbons (Fsp3) is 0.562. The van der Waals surface area contributed by atoms with Crippen LogP contribution in [0.5, 0.6) is 5.75 Å². The molecule has 4 nitrogen and oxygen atoms in total. The Bertz CT molecular complexity index is 459. The zero-order chi connectivity index (χ0) is 14.5. The van der Waals surface area contributed by atoms with Gasteiger partial charge in [0.25, 0.3) is 0 Å². The highest BCUT2D eigenvalue weighted by atomic mass is 35.5. The van der Waals surface area contributed by atoms with Gasteiger partial charge in [-0.2, -0.15) is 0 Å². The van der Waals surface area contributed by atoms with Crippen molar-refractivity contribution in [3.05, 3.63) is 29.3 Å². The van der Waals surface area contributed by atoms with E-state index in [0.717, 1.165) is 25.1 Å². The van der Waals surface area contributed by atoms with Gasteiger partial charge in [0.1, 0.15) is 5.75 Å². The van der Waals surface area contributed by atoms with Crippen LogP contribution in [0.2, 0.25) is 0 Å². The molecule has 1 atom stereocenters. The first-order valence-corrected chi connectivity index (χ1v) is 7.31. The van der Waals surface area contributed by atoms with Crippen molar-refractivity contribution in [2.75, 3.05) is 19.7 Å². The molecular weight excluding hydrogens is 288 g/mol. The first-order valence-electron chi connectivity index (χ1n) is 7.31. The highest BCUT2D eigenvalue weighted by Crippen LogP contribution is 2.19. The first-order chi connectivity index (χ1) is 9.60. The smallest absolute Gasteiger partial charge is 0.226 e. The number of aryl methyl sites for hydroxylation is 2. The molecule has 21 heavy (non-hydrogen) atoms. The minimum atomic E-state index is 0. The second-order valence-corrected chi connectivity index (χ2v) is 5.54. The predicted molar refractivity (Wildman–Crippen MR) is 87.1 cm³/mol. The number of nitrogens with zero attached hydrogens (tertiary/aromatic N) is 1.